The van der Waals surface area contributed by atoms with Gasteiger partial charge in [-0.2, -0.15) is 0 Å². The molecule has 2 heterocycles. The number of aliphatic hydroxyl groups is 1. The molecule has 31 heavy (non-hydrogen) atoms. The molecule has 5 nitrogen and oxygen atoms in total. The molecule has 0 fully saturated rings. The minimum atomic E-state index is -0.494. The van der Waals surface area contributed by atoms with E-state index >= 15 is 0 Å². The first kappa shape index (κ1) is 24.6. The Morgan fingerprint density at radius 1 is 0.935 bits per heavy atom. The summed E-state index contributed by atoms with van der Waals surface area (Å²) >= 11 is 0. The minimum absolute atomic E-state index is 0.156. The van der Waals surface area contributed by atoms with Crippen LogP contribution in [0.25, 0.3) is 16.5 Å². The van der Waals surface area contributed by atoms with E-state index in [1.807, 2.05) is 0 Å². The Bertz CT molecular complexity index is 997. The highest BCUT2D eigenvalue weighted by atomic mass is 16.4. The number of aromatic nitrogens is 1. The number of nitrogens with zero attached hydrogens (tertiary/aromatic N) is 1. The number of hydrogen-bond donors (Lipinski definition) is 1. The number of allylic oxidation sites excluding steroid dienone is 4. The molecule has 0 saturated heterocycles. The van der Waals surface area contributed by atoms with E-state index in [-0.39, 0.29) is 5.56 Å². The second-order valence-corrected chi connectivity index (χ2v) is 7.89. The van der Waals surface area contributed by atoms with Crippen molar-refractivity contribution in [3.05, 3.63) is 76.1 Å². The van der Waals surface area contributed by atoms with Gasteiger partial charge in [0.15, 0.2) is 0 Å². The van der Waals surface area contributed by atoms with Crippen LogP contribution in [-0.2, 0) is 6.54 Å². The van der Waals surface area contributed by atoms with E-state index in [0.717, 1.165) is 25.7 Å². The average Bonchev–Trinajstić information content (AvgIpc) is 2.76. The van der Waals surface area contributed by atoms with Gasteiger partial charge >= 0.3 is 5.63 Å². The standard InChI is InChI=1S/C26H35NO4/c1-3-15-21(4-2)23-18-22-20-27(25(29)19-24(22)31-26(23)30)16-13-11-9-7-5-6-8-10-12-14-17-28/h3-4,15,18-20,28H,1-2,5-14,16-17H2/b21-15+. The molecule has 0 bridgehead atoms. The first-order chi connectivity index (χ1) is 15.1. The van der Waals surface area contributed by atoms with E-state index in [1.54, 1.807) is 35.1 Å². The number of pyridine rings is 1. The summed E-state index contributed by atoms with van der Waals surface area (Å²) in [6, 6.07) is 3.14. The van der Waals surface area contributed by atoms with Crippen molar-refractivity contribution in [1.29, 1.82) is 0 Å². The summed E-state index contributed by atoms with van der Waals surface area (Å²) in [7, 11) is 0. The van der Waals surface area contributed by atoms with Crippen LogP contribution >= 0.6 is 0 Å². The van der Waals surface area contributed by atoms with Crippen LogP contribution in [0.1, 0.15) is 69.8 Å². The molecule has 5 heteroatoms. The van der Waals surface area contributed by atoms with Crippen molar-refractivity contribution < 1.29 is 9.52 Å². The molecule has 0 aliphatic rings. The number of aryl methyl sites for hydroxylation is 1. The third-order valence-electron chi connectivity index (χ3n) is 5.47. The Morgan fingerprint density at radius 2 is 1.55 bits per heavy atom. The monoisotopic (exact) mass is 425 g/mol. The highest BCUT2D eigenvalue weighted by molar-refractivity contribution is 5.82. The Balaban J connectivity index is 1.89. The van der Waals surface area contributed by atoms with Crippen LogP contribution in [0.15, 0.2) is 63.7 Å². The molecule has 0 saturated carbocycles. The van der Waals surface area contributed by atoms with Crippen LogP contribution in [0, 0.1) is 0 Å². The zero-order valence-corrected chi connectivity index (χ0v) is 18.5. The maximum Gasteiger partial charge on any atom is 0.344 e. The quantitative estimate of drug-likeness (QED) is 0.298. The van der Waals surface area contributed by atoms with Crippen molar-refractivity contribution in [2.45, 2.75) is 70.8 Å². The zero-order chi connectivity index (χ0) is 22.5. The van der Waals surface area contributed by atoms with Crippen LogP contribution in [0.5, 0.6) is 0 Å². The summed E-state index contributed by atoms with van der Waals surface area (Å²) in [5, 5.41) is 9.48. The molecule has 2 aromatic heterocycles. The number of hydrogen-bond acceptors (Lipinski definition) is 4. The van der Waals surface area contributed by atoms with Gasteiger partial charge in [0.25, 0.3) is 5.56 Å². The van der Waals surface area contributed by atoms with Crippen LogP contribution in [0.2, 0.25) is 0 Å². The smallest absolute Gasteiger partial charge is 0.344 e. The lowest BCUT2D eigenvalue weighted by atomic mass is 10.1. The van der Waals surface area contributed by atoms with Gasteiger partial charge < -0.3 is 14.1 Å². The Morgan fingerprint density at radius 3 is 2.13 bits per heavy atom. The fourth-order valence-electron chi connectivity index (χ4n) is 3.72. The van der Waals surface area contributed by atoms with Crippen LogP contribution in [0.3, 0.4) is 0 Å². The van der Waals surface area contributed by atoms with Crippen molar-refractivity contribution in [3.63, 3.8) is 0 Å². The maximum absolute atomic E-state index is 12.4. The predicted molar refractivity (Wildman–Crippen MR) is 128 cm³/mol. The molecule has 0 aromatic carbocycles. The topological polar surface area (TPSA) is 72.4 Å². The largest absolute Gasteiger partial charge is 0.422 e. The fourth-order valence-corrected chi connectivity index (χ4v) is 3.72. The Kier molecular flexibility index (Phi) is 10.8. The SMILES string of the molecule is C=C/C=C(\C=C)c1cc2cn(CCCCCCCCCCCCO)c(=O)cc2oc1=O. The summed E-state index contributed by atoms with van der Waals surface area (Å²) in [5.41, 5.74) is 0.694. The van der Waals surface area contributed by atoms with E-state index in [2.05, 4.69) is 13.2 Å². The summed E-state index contributed by atoms with van der Waals surface area (Å²) in [6.07, 6.45) is 18.1. The van der Waals surface area contributed by atoms with E-state index < -0.39 is 5.63 Å². The second-order valence-electron chi connectivity index (χ2n) is 7.89. The summed E-state index contributed by atoms with van der Waals surface area (Å²) < 4.78 is 7.06. The first-order valence-electron chi connectivity index (χ1n) is 11.4. The van der Waals surface area contributed by atoms with Gasteiger partial charge in [0, 0.05) is 30.8 Å². The minimum Gasteiger partial charge on any atom is -0.422 e. The van der Waals surface area contributed by atoms with Gasteiger partial charge in [-0.25, -0.2) is 4.79 Å². The van der Waals surface area contributed by atoms with Crippen molar-refractivity contribution >= 4 is 16.5 Å². The van der Waals surface area contributed by atoms with E-state index in [4.69, 9.17) is 9.52 Å². The molecule has 0 spiro atoms. The third kappa shape index (κ3) is 7.83. The molecule has 0 unspecified atom stereocenters. The van der Waals surface area contributed by atoms with E-state index in [0.29, 0.717) is 35.3 Å². The molecule has 0 radical (unpaired) electrons. The summed E-state index contributed by atoms with van der Waals surface area (Å²) in [4.78, 5) is 24.7. The fraction of sp³-hybridized carbons (Fsp3) is 0.462. The van der Waals surface area contributed by atoms with E-state index in [9.17, 15) is 9.59 Å². The summed E-state index contributed by atoms with van der Waals surface area (Å²) in [5.74, 6) is 0. The van der Waals surface area contributed by atoms with Crippen molar-refractivity contribution in [3.8, 4) is 0 Å². The maximum atomic E-state index is 12.4. The van der Waals surface area contributed by atoms with Crippen LogP contribution < -0.4 is 11.2 Å². The molecular formula is C26H35NO4. The van der Waals surface area contributed by atoms with Gasteiger partial charge in [-0.1, -0.05) is 82.8 Å². The van der Waals surface area contributed by atoms with Gasteiger partial charge in [0.1, 0.15) is 5.58 Å². The molecule has 1 N–H and O–H groups in total. The Labute approximate surface area is 184 Å². The number of fused-ring (bicyclic) bond motifs is 1. The molecule has 168 valence electrons. The molecule has 0 aliphatic carbocycles. The lowest BCUT2D eigenvalue weighted by Gasteiger charge is -2.08. The molecule has 2 aromatic rings. The van der Waals surface area contributed by atoms with Gasteiger partial charge in [0.05, 0.1) is 5.56 Å². The van der Waals surface area contributed by atoms with Crippen molar-refractivity contribution in [2.75, 3.05) is 6.61 Å². The van der Waals surface area contributed by atoms with Crippen LogP contribution in [0.4, 0.5) is 0 Å². The molecule has 0 aliphatic heterocycles. The zero-order valence-electron chi connectivity index (χ0n) is 18.5. The van der Waals surface area contributed by atoms with Gasteiger partial charge in [0.2, 0.25) is 0 Å². The molecule has 2 rings (SSSR count). The van der Waals surface area contributed by atoms with Gasteiger partial charge in [-0.3, -0.25) is 4.79 Å². The summed E-state index contributed by atoms with van der Waals surface area (Å²) in [6.45, 7) is 8.36. The molecular weight excluding hydrogens is 390 g/mol. The third-order valence-corrected chi connectivity index (χ3v) is 5.47. The number of unbranched alkanes of at least 4 members (excludes halogenated alkanes) is 9. The molecule has 0 atom stereocenters. The first-order valence-corrected chi connectivity index (χ1v) is 11.4. The van der Waals surface area contributed by atoms with Crippen molar-refractivity contribution in [1.82, 2.24) is 4.57 Å². The number of rotatable bonds is 15. The van der Waals surface area contributed by atoms with Gasteiger partial charge in [-0.15, -0.1) is 0 Å². The van der Waals surface area contributed by atoms with Gasteiger partial charge in [-0.05, 0) is 24.5 Å². The normalized spacial score (nSPS) is 11.7. The van der Waals surface area contributed by atoms with E-state index in [1.165, 1.54) is 44.6 Å². The lowest BCUT2D eigenvalue weighted by Crippen LogP contribution is -2.19. The highest BCUT2D eigenvalue weighted by Gasteiger charge is 2.10. The Hall–Kier alpha value is -2.66. The molecule has 0 amide bonds. The number of aliphatic hydroxyl groups excluding tert-OH is 1. The second kappa shape index (κ2) is 13.6. The average molecular weight is 426 g/mol. The predicted octanol–water partition coefficient (Wildman–Crippen LogP) is 5.60. The lowest BCUT2D eigenvalue weighted by molar-refractivity contribution is 0.282. The van der Waals surface area contributed by atoms with Crippen LogP contribution in [-0.4, -0.2) is 16.3 Å². The highest BCUT2D eigenvalue weighted by Crippen LogP contribution is 2.18. The van der Waals surface area contributed by atoms with Crippen molar-refractivity contribution in [2.24, 2.45) is 0 Å².